The molecule has 1 aromatic heterocycles. The molecule has 1 fully saturated rings. The Bertz CT molecular complexity index is 1790. The van der Waals surface area contributed by atoms with Gasteiger partial charge in [0.25, 0.3) is 0 Å². The molecule has 0 spiro atoms. The van der Waals surface area contributed by atoms with Crippen LogP contribution in [0.15, 0.2) is 66.7 Å². The summed E-state index contributed by atoms with van der Waals surface area (Å²) in [7, 11) is 1.55. The lowest BCUT2D eigenvalue weighted by molar-refractivity contribution is -0.130. The van der Waals surface area contributed by atoms with Crippen LogP contribution in [0.3, 0.4) is 0 Å². The average Bonchev–Trinajstić information content (AvgIpc) is 3.54. The Balaban J connectivity index is 1.23. The van der Waals surface area contributed by atoms with Gasteiger partial charge in [-0.3, -0.25) is 9.59 Å². The van der Waals surface area contributed by atoms with Crippen molar-refractivity contribution >= 4 is 28.7 Å². The molecule has 48 heavy (non-hydrogen) atoms. The maximum atomic E-state index is 14.2. The maximum Gasteiger partial charge on any atom is 0.335 e. The highest BCUT2D eigenvalue weighted by molar-refractivity contribution is 5.91. The molecule has 14 heteroatoms. The van der Waals surface area contributed by atoms with E-state index in [0.29, 0.717) is 34.8 Å². The summed E-state index contributed by atoms with van der Waals surface area (Å²) in [5, 5.41) is 17.3. The first kappa shape index (κ1) is 34.1. The largest absolute Gasteiger partial charge is 0.497 e. The van der Waals surface area contributed by atoms with E-state index in [1.807, 2.05) is 36.4 Å². The number of hydrogen-bond acceptors (Lipinski definition) is 7. The van der Waals surface area contributed by atoms with Crippen LogP contribution in [0, 0.1) is 11.6 Å². The lowest BCUT2D eigenvalue weighted by Gasteiger charge is -2.21. The zero-order chi connectivity index (χ0) is 34.4. The van der Waals surface area contributed by atoms with Crippen LogP contribution in [-0.4, -0.2) is 72.7 Å². The first-order valence-electron chi connectivity index (χ1n) is 15.0. The van der Waals surface area contributed by atoms with E-state index >= 15 is 0 Å². The van der Waals surface area contributed by atoms with Gasteiger partial charge in [-0.2, -0.15) is 0 Å². The van der Waals surface area contributed by atoms with Crippen molar-refractivity contribution in [2.24, 2.45) is 0 Å². The highest BCUT2D eigenvalue weighted by Crippen LogP contribution is 2.33. The number of rotatable bonds is 13. The van der Waals surface area contributed by atoms with Gasteiger partial charge in [0.2, 0.25) is 18.2 Å². The Morgan fingerprint density at radius 3 is 2.44 bits per heavy atom. The third-order valence-corrected chi connectivity index (χ3v) is 7.86. The van der Waals surface area contributed by atoms with Gasteiger partial charge in [0, 0.05) is 54.6 Å². The van der Waals surface area contributed by atoms with Crippen LogP contribution in [-0.2, 0) is 16.0 Å². The number of benzene rings is 3. The van der Waals surface area contributed by atoms with Gasteiger partial charge in [-0.1, -0.05) is 30.3 Å². The van der Waals surface area contributed by atoms with Gasteiger partial charge in [0.05, 0.1) is 29.9 Å². The molecule has 10 nitrogen and oxygen atoms in total. The smallest absolute Gasteiger partial charge is 0.335 e. The molecule has 3 aromatic carbocycles. The molecule has 2 amide bonds. The number of methoxy groups -OCH3 is 1. The molecule has 5 rings (SSSR count). The summed E-state index contributed by atoms with van der Waals surface area (Å²) < 4.78 is 66.9. The number of amides is 2. The van der Waals surface area contributed by atoms with Gasteiger partial charge in [0.1, 0.15) is 35.3 Å². The third-order valence-electron chi connectivity index (χ3n) is 7.86. The van der Waals surface area contributed by atoms with Crippen molar-refractivity contribution in [1.82, 2.24) is 20.9 Å². The number of alkyl halides is 2. The summed E-state index contributed by atoms with van der Waals surface area (Å²) in [6.45, 7) is -0.106. The maximum absolute atomic E-state index is 14.2. The van der Waals surface area contributed by atoms with Crippen molar-refractivity contribution in [1.29, 1.82) is 0 Å². The molecule has 3 atom stereocenters. The van der Waals surface area contributed by atoms with E-state index in [1.165, 1.54) is 0 Å². The summed E-state index contributed by atoms with van der Waals surface area (Å²) in [4.78, 5) is 41.6. The van der Waals surface area contributed by atoms with Crippen molar-refractivity contribution in [3.05, 3.63) is 89.5 Å². The molecule has 0 aliphatic carbocycles. The standard InChI is InChI=1S/C34H32F4N4O6/c1-47-20-7-8-23-27(13-20)41-26(18-5-3-2-4-6-18)15-30(23)48-21-14-28(40-17-21)33(44)42-29(16-31(37)38)32(43)39-10-9-22-24(35)11-19(34(45)46)12-25(22)36/h2-8,11-13,15,21,28-29,31,40H,9-10,14,16-17H2,1H3,(H,39,43)(H,42,44)(H,45,46). The topological polar surface area (TPSA) is 139 Å². The van der Waals surface area contributed by atoms with Crippen molar-refractivity contribution in [2.45, 2.75) is 43.9 Å². The molecule has 4 aromatic rings. The quantitative estimate of drug-likeness (QED) is 0.153. The number of fused-ring (bicyclic) bond motifs is 1. The van der Waals surface area contributed by atoms with Gasteiger partial charge in [-0.25, -0.2) is 27.3 Å². The Kier molecular flexibility index (Phi) is 10.7. The van der Waals surface area contributed by atoms with Gasteiger partial charge >= 0.3 is 5.97 Å². The number of nitrogens with zero attached hydrogens (tertiary/aromatic N) is 1. The minimum absolute atomic E-state index is 0.167. The molecular weight excluding hydrogens is 636 g/mol. The molecular formula is C34H32F4N4O6. The number of aromatic carboxylic acids is 1. The molecule has 0 saturated carbocycles. The molecule has 1 aliphatic rings. The first-order chi connectivity index (χ1) is 23.0. The van der Waals surface area contributed by atoms with E-state index in [1.54, 1.807) is 25.3 Å². The summed E-state index contributed by atoms with van der Waals surface area (Å²) >= 11 is 0. The second-order valence-corrected chi connectivity index (χ2v) is 11.1. The predicted molar refractivity (Wildman–Crippen MR) is 167 cm³/mol. The molecule has 2 heterocycles. The number of pyridine rings is 1. The number of aromatic nitrogens is 1. The zero-order valence-corrected chi connectivity index (χ0v) is 25.6. The van der Waals surface area contributed by atoms with Crippen LogP contribution >= 0.6 is 0 Å². The number of nitrogens with one attached hydrogen (secondary N) is 3. The number of carbonyl (C=O) groups excluding carboxylic acids is 2. The van der Waals surface area contributed by atoms with Crippen molar-refractivity contribution < 1.29 is 46.5 Å². The molecule has 3 unspecified atom stereocenters. The number of carboxylic acids is 1. The summed E-state index contributed by atoms with van der Waals surface area (Å²) in [5.41, 5.74) is 1.10. The van der Waals surface area contributed by atoms with Crippen LogP contribution in [0.4, 0.5) is 17.6 Å². The normalized spacial score (nSPS) is 16.5. The van der Waals surface area contributed by atoms with E-state index in [2.05, 4.69) is 16.0 Å². The van der Waals surface area contributed by atoms with Crippen molar-refractivity contribution in [2.75, 3.05) is 20.2 Å². The highest BCUT2D eigenvalue weighted by Gasteiger charge is 2.34. The molecule has 4 N–H and O–H groups in total. The van der Waals surface area contributed by atoms with E-state index in [-0.39, 0.29) is 25.9 Å². The minimum Gasteiger partial charge on any atom is -0.497 e. The van der Waals surface area contributed by atoms with E-state index in [9.17, 15) is 31.9 Å². The fourth-order valence-corrected chi connectivity index (χ4v) is 5.41. The van der Waals surface area contributed by atoms with Gasteiger partial charge in [0.15, 0.2) is 0 Å². The van der Waals surface area contributed by atoms with Crippen LogP contribution in [0.5, 0.6) is 11.5 Å². The van der Waals surface area contributed by atoms with Crippen LogP contribution in [0.1, 0.15) is 28.8 Å². The average molecular weight is 669 g/mol. The fraction of sp³-hybridized carbons (Fsp3) is 0.294. The van der Waals surface area contributed by atoms with E-state index in [0.717, 1.165) is 10.9 Å². The SMILES string of the molecule is COc1ccc2c(OC3CNC(C(=O)NC(CC(F)F)C(=O)NCCc4c(F)cc(C(=O)O)cc4F)C3)cc(-c3ccccc3)nc2c1. The van der Waals surface area contributed by atoms with E-state index < -0.39 is 71.6 Å². The molecule has 1 saturated heterocycles. The van der Waals surface area contributed by atoms with Crippen LogP contribution in [0.25, 0.3) is 22.2 Å². The molecule has 0 radical (unpaired) electrons. The van der Waals surface area contributed by atoms with Crippen LogP contribution < -0.4 is 25.4 Å². The Labute approximate surface area is 272 Å². The number of ether oxygens (including phenoxy) is 2. The number of hydrogen-bond donors (Lipinski definition) is 4. The Morgan fingerprint density at radius 1 is 1.04 bits per heavy atom. The third kappa shape index (κ3) is 8.18. The van der Waals surface area contributed by atoms with Gasteiger partial charge < -0.3 is 30.5 Å². The number of halogens is 4. The number of carboxylic acid groups (broad SMARTS) is 1. The summed E-state index contributed by atoms with van der Waals surface area (Å²) in [5.74, 6) is -4.30. The second-order valence-electron chi connectivity index (χ2n) is 11.1. The lowest BCUT2D eigenvalue weighted by atomic mass is 10.1. The Hall–Kier alpha value is -5.24. The van der Waals surface area contributed by atoms with Crippen LogP contribution in [0.2, 0.25) is 0 Å². The monoisotopic (exact) mass is 668 g/mol. The van der Waals surface area contributed by atoms with Crippen molar-refractivity contribution in [3.8, 4) is 22.8 Å². The van der Waals surface area contributed by atoms with Crippen molar-refractivity contribution in [3.63, 3.8) is 0 Å². The first-order valence-corrected chi connectivity index (χ1v) is 15.0. The molecule has 1 aliphatic heterocycles. The number of carbonyl (C=O) groups is 3. The predicted octanol–water partition coefficient (Wildman–Crippen LogP) is 4.50. The second kappa shape index (κ2) is 15.1. The minimum atomic E-state index is -2.94. The summed E-state index contributed by atoms with van der Waals surface area (Å²) in [6.07, 6.45) is -4.64. The van der Waals surface area contributed by atoms with Gasteiger partial charge in [-0.15, -0.1) is 0 Å². The van der Waals surface area contributed by atoms with Gasteiger partial charge in [-0.05, 0) is 30.7 Å². The molecule has 252 valence electrons. The molecule has 0 bridgehead atoms. The Morgan fingerprint density at radius 2 is 1.77 bits per heavy atom. The summed E-state index contributed by atoms with van der Waals surface area (Å²) in [6, 6.07) is 15.5. The lowest BCUT2D eigenvalue weighted by Crippen LogP contribution is -2.52. The highest BCUT2D eigenvalue weighted by atomic mass is 19.3. The zero-order valence-electron chi connectivity index (χ0n) is 25.6. The fourth-order valence-electron chi connectivity index (χ4n) is 5.41. The van der Waals surface area contributed by atoms with E-state index in [4.69, 9.17) is 19.6 Å².